The summed E-state index contributed by atoms with van der Waals surface area (Å²) in [5.74, 6) is -0.498. The second-order valence-electron chi connectivity index (χ2n) is 7.61. The van der Waals surface area contributed by atoms with Crippen LogP contribution in [0.5, 0.6) is 0 Å². The zero-order valence-electron chi connectivity index (χ0n) is 15.4. The molecule has 1 unspecified atom stereocenters. The molecule has 2 aromatic carbocycles. The number of likely N-dealkylation sites (tertiary alicyclic amines) is 1. The average Bonchev–Trinajstić information content (AvgIpc) is 3.09. The number of carbonyl (C=O) groups excluding carboxylic acids is 2. The summed E-state index contributed by atoms with van der Waals surface area (Å²) >= 11 is 0. The van der Waals surface area contributed by atoms with E-state index in [0.717, 1.165) is 18.4 Å². The van der Waals surface area contributed by atoms with E-state index >= 15 is 0 Å². The molecule has 1 aliphatic heterocycles. The van der Waals surface area contributed by atoms with Crippen LogP contribution >= 0.6 is 0 Å². The van der Waals surface area contributed by atoms with Crippen molar-refractivity contribution in [3.8, 4) is 0 Å². The Morgan fingerprint density at radius 1 is 1.15 bits per heavy atom. The van der Waals surface area contributed by atoms with E-state index in [-0.39, 0.29) is 23.5 Å². The minimum Gasteiger partial charge on any atom is -0.359 e. The number of hydrogen-bond acceptors (Lipinski definition) is 2. The highest BCUT2D eigenvalue weighted by Gasteiger charge is 2.52. The normalized spacial score (nSPS) is 19.9. The number of benzene rings is 2. The first-order valence-corrected chi connectivity index (χ1v) is 9.36. The molecule has 1 heterocycles. The molecule has 1 N–H and O–H groups in total. The van der Waals surface area contributed by atoms with Crippen molar-refractivity contribution in [3.63, 3.8) is 0 Å². The van der Waals surface area contributed by atoms with E-state index < -0.39 is 5.41 Å². The zero-order valence-corrected chi connectivity index (χ0v) is 15.4. The van der Waals surface area contributed by atoms with Gasteiger partial charge in [-0.2, -0.15) is 0 Å². The van der Waals surface area contributed by atoms with Crippen LogP contribution in [0.2, 0.25) is 0 Å². The van der Waals surface area contributed by atoms with E-state index in [0.29, 0.717) is 25.1 Å². The molecule has 1 atom stereocenters. The fourth-order valence-electron chi connectivity index (χ4n) is 4.48. The van der Waals surface area contributed by atoms with Crippen LogP contribution < -0.4 is 5.32 Å². The smallest absolute Gasteiger partial charge is 0.230 e. The van der Waals surface area contributed by atoms with Gasteiger partial charge in [-0.05, 0) is 42.0 Å². The van der Waals surface area contributed by atoms with E-state index in [1.54, 1.807) is 30.1 Å². The molecule has 4 rings (SSSR count). The SMILES string of the molecule is CNC(=O)C1(Cc2ccccc2F)CN(C(=O)C2CCc3ccccc32)C1. The summed E-state index contributed by atoms with van der Waals surface area (Å²) in [6, 6.07) is 14.6. The van der Waals surface area contributed by atoms with Gasteiger partial charge in [0.1, 0.15) is 5.82 Å². The van der Waals surface area contributed by atoms with Gasteiger partial charge >= 0.3 is 0 Å². The molecule has 140 valence electrons. The van der Waals surface area contributed by atoms with Crippen LogP contribution in [0.25, 0.3) is 0 Å². The van der Waals surface area contributed by atoms with Crippen molar-refractivity contribution in [3.05, 3.63) is 71.0 Å². The third-order valence-corrected chi connectivity index (χ3v) is 5.93. The third-order valence-electron chi connectivity index (χ3n) is 5.93. The van der Waals surface area contributed by atoms with Gasteiger partial charge in [-0.3, -0.25) is 9.59 Å². The highest BCUT2D eigenvalue weighted by Crippen LogP contribution is 2.40. The fraction of sp³-hybridized carbons (Fsp3) is 0.364. The summed E-state index contributed by atoms with van der Waals surface area (Å²) in [5.41, 5.74) is 2.10. The third kappa shape index (κ3) is 3.01. The molecule has 1 fully saturated rings. The lowest BCUT2D eigenvalue weighted by Crippen LogP contribution is -2.65. The van der Waals surface area contributed by atoms with Gasteiger partial charge in [0.2, 0.25) is 11.8 Å². The number of aryl methyl sites for hydroxylation is 1. The van der Waals surface area contributed by atoms with Gasteiger partial charge in [0.15, 0.2) is 0 Å². The summed E-state index contributed by atoms with van der Waals surface area (Å²) in [5, 5.41) is 2.69. The summed E-state index contributed by atoms with van der Waals surface area (Å²) < 4.78 is 14.1. The van der Waals surface area contributed by atoms with Crippen LogP contribution in [0.4, 0.5) is 4.39 Å². The van der Waals surface area contributed by atoms with E-state index in [1.165, 1.54) is 11.6 Å². The maximum atomic E-state index is 14.1. The predicted molar refractivity (Wildman–Crippen MR) is 101 cm³/mol. The number of carbonyl (C=O) groups is 2. The quantitative estimate of drug-likeness (QED) is 0.904. The molecular weight excluding hydrogens is 343 g/mol. The summed E-state index contributed by atoms with van der Waals surface area (Å²) in [6.45, 7) is 0.664. The Morgan fingerprint density at radius 3 is 2.59 bits per heavy atom. The first kappa shape index (κ1) is 17.7. The van der Waals surface area contributed by atoms with Gasteiger partial charge in [0.05, 0.1) is 11.3 Å². The molecule has 1 aliphatic carbocycles. The number of nitrogens with one attached hydrogen (secondary N) is 1. The minimum atomic E-state index is -0.759. The summed E-state index contributed by atoms with van der Waals surface area (Å²) in [4.78, 5) is 27.3. The number of rotatable bonds is 4. The molecule has 2 amide bonds. The van der Waals surface area contributed by atoms with E-state index in [1.807, 2.05) is 18.2 Å². The monoisotopic (exact) mass is 366 g/mol. The molecular formula is C22H23FN2O2. The molecule has 1 saturated heterocycles. The van der Waals surface area contributed by atoms with Crippen molar-refractivity contribution in [1.82, 2.24) is 10.2 Å². The zero-order chi connectivity index (χ0) is 19.0. The average molecular weight is 366 g/mol. The van der Waals surface area contributed by atoms with E-state index in [2.05, 4.69) is 11.4 Å². The molecule has 2 aromatic rings. The summed E-state index contributed by atoms with van der Waals surface area (Å²) in [7, 11) is 1.59. The number of amides is 2. The molecule has 0 spiro atoms. The number of nitrogens with zero attached hydrogens (tertiary/aromatic N) is 1. The van der Waals surface area contributed by atoms with Crippen LogP contribution in [0.3, 0.4) is 0 Å². The lowest BCUT2D eigenvalue weighted by molar-refractivity contribution is -0.154. The Balaban J connectivity index is 1.51. The lowest BCUT2D eigenvalue weighted by atomic mass is 9.73. The van der Waals surface area contributed by atoms with Crippen molar-refractivity contribution in [1.29, 1.82) is 0 Å². The first-order valence-electron chi connectivity index (χ1n) is 9.36. The Bertz CT molecular complexity index is 889. The maximum absolute atomic E-state index is 14.1. The first-order chi connectivity index (χ1) is 13.0. The maximum Gasteiger partial charge on any atom is 0.230 e. The highest BCUT2D eigenvalue weighted by atomic mass is 19.1. The van der Waals surface area contributed by atoms with Crippen molar-refractivity contribution in [2.24, 2.45) is 5.41 Å². The van der Waals surface area contributed by atoms with Gasteiger partial charge in [-0.15, -0.1) is 0 Å². The van der Waals surface area contributed by atoms with Crippen LogP contribution in [-0.2, 0) is 22.4 Å². The molecule has 2 aliphatic rings. The molecule has 5 heteroatoms. The molecule has 0 bridgehead atoms. The molecule has 4 nitrogen and oxygen atoms in total. The van der Waals surface area contributed by atoms with Gasteiger partial charge in [0, 0.05) is 20.1 Å². The Morgan fingerprint density at radius 2 is 1.85 bits per heavy atom. The van der Waals surface area contributed by atoms with Crippen molar-refractivity contribution < 1.29 is 14.0 Å². The molecule has 0 radical (unpaired) electrons. The summed E-state index contributed by atoms with van der Waals surface area (Å²) in [6.07, 6.45) is 2.02. The lowest BCUT2D eigenvalue weighted by Gasteiger charge is -2.49. The topological polar surface area (TPSA) is 49.4 Å². The van der Waals surface area contributed by atoms with Crippen LogP contribution in [0.1, 0.15) is 29.0 Å². The Hall–Kier alpha value is -2.69. The van der Waals surface area contributed by atoms with Crippen LogP contribution in [0, 0.1) is 11.2 Å². The molecule has 27 heavy (non-hydrogen) atoms. The van der Waals surface area contributed by atoms with Gasteiger partial charge in [-0.25, -0.2) is 4.39 Å². The predicted octanol–water partition coefficient (Wildman–Crippen LogP) is 2.67. The Labute approximate surface area is 158 Å². The van der Waals surface area contributed by atoms with Crippen LogP contribution in [0.15, 0.2) is 48.5 Å². The molecule has 0 saturated carbocycles. The van der Waals surface area contributed by atoms with Crippen molar-refractivity contribution >= 4 is 11.8 Å². The molecule has 0 aromatic heterocycles. The Kier molecular flexibility index (Phi) is 4.46. The van der Waals surface area contributed by atoms with Gasteiger partial charge in [0.25, 0.3) is 0 Å². The second kappa shape index (κ2) is 6.80. The van der Waals surface area contributed by atoms with Crippen molar-refractivity contribution in [2.45, 2.75) is 25.2 Å². The fourth-order valence-corrected chi connectivity index (χ4v) is 4.48. The largest absolute Gasteiger partial charge is 0.359 e. The number of fused-ring (bicyclic) bond motifs is 1. The van der Waals surface area contributed by atoms with E-state index in [4.69, 9.17) is 0 Å². The standard InChI is InChI=1S/C22H23FN2O2/c1-24-21(27)22(12-16-7-3-5-9-19(16)23)13-25(14-22)20(26)18-11-10-15-6-2-4-8-17(15)18/h2-9,18H,10-14H2,1H3,(H,24,27). The second-order valence-corrected chi connectivity index (χ2v) is 7.61. The van der Waals surface area contributed by atoms with Crippen LogP contribution in [-0.4, -0.2) is 36.9 Å². The van der Waals surface area contributed by atoms with Gasteiger partial charge in [-0.1, -0.05) is 42.5 Å². The number of hydrogen-bond donors (Lipinski definition) is 1. The van der Waals surface area contributed by atoms with E-state index in [9.17, 15) is 14.0 Å². The van der Waals surface area contributed by atoms with Crippen molar-refractivity contribution in [2.75, 3.05) is 20.1 Å². The minimum absolute atomic E-state index is 0.0769. The van der Waals surface area contributed by atoms with Gasteiger partial charge < -0.3 is 10.2 Å². The highest BCUT2D eigenvalue weighted by molar-refractivity contribution is 5.90. The number of halogens is 1.